The van der Waals surface area contributed by atoms with E-state index in [0.717, 1.165) is 5.56 Å². The van der Waals surface area contributed by atoms with Gasteiger partial charge in [0.05, 0.1) is 28.3 Å². The van der Waals surface area contributed by atoms with Crippen LogP contribution >= 0.6 is 0 Å². The van der Waals surface area contributed by atoms with Crippen LogP contribution in [-0.4, -0.2) is 26.7 Å². The van der Waals surface area contributed by atoms with Crippen molar-refractivity contribution in [1.29, 1.82) is 0 Å². The van der Waals surface area contributed by atoms with Gasteiger partial charge in [0.2, 0.25) is 0 Å². The van der Waals surface area contributed by atoms with Gasteiger partial charge in [0.1, 0.15) is 5.69 Å². The molecule has 0 unspecified atom stereocenters. The van der Waals surface area contributed by atoms with Crippen molar-refractivity contribution < 1.29 is 9.85 Å². The van der Waals surface area contributed by atoms with Crippen molar-refractivity contribution >= 4 is 17.2 Å². The molecule has 1 aromatic carbocycles. The minimum Gasteiger partial charge on any atom is -0.383 e. The standard InChI is InChI=1S/C12H13N5O4/c1-8-6-15(14-12(8)17(20)21)7-9-3-4-11(16(18)19)10(5-9)13-2/h3-6,13H,7H2,1-2H3. The van der Waals surface area contributed by atoms with Crippen LogP contribution in [0.5, 0.6) is 0 Å². The number of hydrogen-bond donors (Lipinski definition) is 1. The van der Waals surface area contributed by atoms with Gasteiger partial charge >= 0.3 is 5.82 Å². The molecule has 0 fully saturated rings. The average molecular weight is 291 g/mol. The highest BCUT2D eigenvalue weighted by Crippen LogP contribution is 2.25. The molecule has 0 atom stereocenters. The van der Waals surface area contributed by atoms with Crippen molar-refractivity contribution in [3.63, 3.8) is 0 Å². The van der Waals surface area contributed by atoms with Gasteiger partial charge in [0.15, 0.2) is 0 Å². The van der Waals surface area contributed by atoms with Gasteiger partial charge in [-0.3, -0.25) is 10.1 Å². The van der Waals surface area contributed by atoms with E-state index in [1.165, 1.54) is 10.7 Å². The van der Waals surface area contributed by atoms with Crippen molar-refractivity contribution in [3.8, 4) is 0 Å². The molecule has 21 heavy (non-hydrogen) atoms. The number of nitrogens with zero attached hydrogens (tertiary/aromatic N) is 4. The summed E-state index contributed by atoms with van der Waals surface area (Å²) in [4.78, 5) is 20.6. The lowest BCUT2D eigenvalue weighted by Gasteiger charge is -2.04. The quantitative estimate of drug-likeness (QED) is 0.666. The van der Waals surface area contributed by atoms with Crippen molar-refractivity contribution in [2.24, 2.45) is 0 Å². The third kappa shape index (κ3) is 2.96. The van der Waals surface area contributed by atoms with Crippen LogP contribution in [0.2, 0.25) is 0 Å². The molecule has 0 aliphatic carbocycles. The molecule has 1 heterocycles. The molecule has 2 rings (SSSR count). The van der Waals surface area contributed by atoms with E-state index in [1.807, 2.05) is 0 Å². The van der Waals surface area contributed by atoms with E-state index in [-0.39, 0.29) is 11.5 Å². The second-order valence-corrected chi connectivity index (χ2v) is 4.45. The summed E-state index contributed by atoms with van der Waals surface area (Å²) >= 11 is 0. The predicted molar refractivity (Wildman–Crippen MR) is 75.4 cm³/mol. The molecule has 9 nitrogen and oxygen atoms in total. The molecule has 0 saturated carbocycles. The SMILES string of the molecule is CNc1cc(Cn2cc(C)c([N+](=O)[O-])n2)ccc1[N+](=O)[O-]. The first-order valence-corrected chi connectivity index (χ1v) is 6.06. The molecule has 0 aliphatic rings. The molecule has 0 amide bonds. The number of anilines is 1. The lowest BCUT2D eigenvalue weighted by atomic mass is 10.1. The average Bonchev–Trinajstić information content (AvgIpc) is 2.79. The number of hydrogen-bond acceptors (Lipinski definition) is 6. The Labute approximate surface area is 119 Å². The van der Waals surface area contributed by atoms with Crippen LogP contribution in [0.15, 0.2) is 24.4 Å². The maximum absolute atomic E-state index is 10.8. The highest BCUT2D eigenvalue weighted by molar-refractivity contribution is 5.62. The molecule has 9 heteroatoms. The van der Waals surface area contributed by atoms with Gasteiger partial charge in [0.25, 0.3) is 5.69 Å². The van der Waals surface area contributed by atoms with Crippen LogP contribution in [0.1, 0.15) is 11.1 Å². The third-order valence-electron chi connectivity index (χ3n) is 2.96. The summed E-state index contributed by atoms with van der Waals surface area (Å²) in [6, 6.07) is 4.62. The van der Waals surface area contributed by atoms with Crippen LogP contribution in [0, 0.1) is 27.2 Å². The lowest BCUT2D eigenvalue weighted by molar-refractivity contribution is -0.390. The fourth-order valence-corrected chi connectivity index (χ4v) is 2.00. The summed E-state index contributed by atoms with van der Waals surface area (Å²) in [5.74, 6) is -0.189. The fraction of sp³-hybridized carbons (Fsp3) is 0.250. The Morgan fingerprint density at radius 3 is 2.52 bits per heavy atom. The Morgan fingerprint density at radius 2 is 2.00 bits per heavy atom. The number of nitro groups is 2. The molecule has 0 radical (unpaired) electrons. The number of nitrogens with one attached hydrogen (secondary N) is 1. The summed E-state index contributed by atoms with van der Waals surface area (Å²) in [6.45, 7) is 1.90. The maximum atomic E-state index is 10.8. The zero-order valence-corrected chi connectivity index (χ0v) is 11.4. The molecule has 0 spiro atoms. The second-order valence-electron chi connectivity index (χ2n) is 4.45. The molecule has 0 aliphatic heterocycles. The van der Waals surface area contributed by atoms with Crippen LogP contribution in [0.4, 0.5) is 17.2 Å². The predicted octanol–water partition coefficient (Wildman–Crippen LogP) is 2.10. The zero-order chi connectivity index (χ0) is 15.6. The van der Waals surface area contributed by atoms with Gasteiger partial charge in [-0.25, -0.2) is 0 Å². The number of nitro benzene ring substituents is 1. The van der Waals surface area contributed by atoms with E-state index in [1.54, 1.807) is 32.3 Å². The minimum atomic E-state index is -0.541. The smallest absolute Gasteiger partial charge is 0.383 e. The van der Waals surface area contributed by atoms with Crippen molar-refractivity contribution in [2.45, 2.75) is 13.5 Å². The van der Waals surface area contributed by atoms with E-state index < -0.39 is 9.85 Å². The summed E-state index contributed by atoms with van der Waals surface area (Å²) in [7, 11) is 1.59. The molecular weight excluding hydrogens is 278 g/mol. The normalized spacial score (nSPS) is 10.4. The maximum Gasteiger partial charge on any atom is 0.392 e. The van der Waals surface area contributed by atoms with Crippen molar-refractivity contribution in [3.05, 3.63) is 55.8 Å². The Bertz CT molecular complexity index is 710. The summed E-state index contributed by atoms with van der Waals surface area (Å²) in [5.41, 5.74) is 1.58. The molecule has 0 bridgehead atoms. The number of rotatable bonds is 5. The van der Waals surface area contributed by atoms with Crippen LogP contribution in [0.3, 0.4) is 0 Å². The Kier molecular flexibility index (Phi) is 3.83. The van der Waals surface area contributed by atoms with Gasteiger partial charge in [-0.15, -0.1) is 0 Å². The molecule has 1 aromatic heterocycles. The number of aromatic nitrogens is 2. The topological polar surface area (TPSA) is 116 Å². The molecule has 110 valence electrons. The lowest BCUT2D eigenvalue weighted by Crippen LogP contribution is -2.03. The molecule has 0 saturated heterocycles. The third-order valence-corrected chi connectivity index (χ3v) is 2.96. The Hall–Kier alpha value is -2.97. The first-order valence-electron chi connectivity index (χ1n) is 6.06. The van der Waals surface area contributed by atoms with Gasteiger partial charge in [-0.05, 0) is 23.5 Å². The van der Waals surface area contributed by atoms with Gasteiger partial charge in [-0.2, -0.15) is 4.68 Å². The Balaban J connectivity index is 2.30. The highest BCUT2D eigenvalue weighted by Gasteiger charge is 2.18. The minimum absolute atomic E-state index is 0.0242. The van der Waals surface area contributed by atoms with E-state index in [9.17, 15) is 20.2 Å². The summed E-state index contributed by atoms with van der Waals surface area (Å²) < 4.78 is 1.44. The first kappa shape index (κ1) is 14.4. The highest BCUT2D eigenvalue weighted by atomic mass is 16.6. The van der Waals surface area contributed by atoms with E-state index in [2.05, 4.69) is 10.4 Å². The molecule has 2 aromatic rings. The van der Waals surface area contributed by atoms with Crippen LogP contribution < -0.4 is 5.32 Å². The van der Waals surface area contributed by atoms with Crippen molar-refractivity contribution in [1.82, 2.24) is 9.78 Å². The Morgan fingerprint density at radius 1 is 1.29 bits per heavy atom. The fourth-order valence-electron chi connectivity index (χ4n) is 2.00. The van der Waals surface area contributed by atoms with Crippen LogP contribution in [0.25, 0.3) is 0 Å². The molecule has 1 N–H and O–H groups in total. The zero-order valence-electron chi connectivity index (χ0n) is 11.4. The number of benzene rings is 1. The van der Waals surface area contributed by atoms with Gasteiger partial charge < -0.3 is 15.4 Å². The van der Waals surface area contributed by atoms with Gasteiger partial charge in [0, 0.05) is 13.1 Å². The largest absolute Gasteiger partial charge is 0.392 e. The first-order chi connectivity index (χ1) is 9.92. The van der Waals surface area contributed by atoms with Crippen LogP contribution in [-0.2, 0) is 6.54 Å². The monoisotopic (exact) mass is 291 g/mol. The number of aryl methyl sites for hydroxylation is 1. The van der Waals surface area contributed by atoms with E-state index in [0.29, 0.717) is 17.8 Å². The van der Waals surface area contributed by atoms with E-state index in [4.69, 9.17) is 0 Å². The molecular formula is C12H13N5O4. The second kappa shape index (κ2) is 5.57. The van der Waals surface area contributed by atoms with E-state index >= 15 is 0 Å². The van der Waals surface area contributed by atoms with Gasteiger partial charge in [-0.1, -0.05) is 6.07 Å². The summed E-state index contributed by atoms with van der Waals surface area (Å²) in [6.07, 6.45) is 1.57. The van der Waals surface area contributed by atoms with Crippen molar-refractivity contribution in [2.75, 3.05) is 12.4 Å². The summed E-state index contributed by atoms with van der Waals surface area (Å²) in [5, 5.41) is 28.2.